The van der Waals surface area contributed by atoms with Crippen molar-refractivity contribution in [1.29, 1.82) is 0 Å². The van der Waals surface area contributed by atoms with E-state index in [0.717, 1.165) is 22.0 Å². The van der Waals surface area contributed by atoms with Gasteiger partial charge in [0.25, 0.3) is 0 Å². The number of allylic oxidation sites excluding steroid dienone is 3. The van der Waals surface area contributed by atoms with E-state index in [2.05, 4.69) is 25.7 Å². The summed E-state index contributed by atoms with van der Waals surface area (Å²) in [6.45, 7) is 11.9. The minimum atomic E-state index is 0.342. The van der Waals surface area contributed by atoms with Crippen LogP contribution in [0.25, 0.3) is 0 Å². The third-order valence-electron chi connectivity index (χ3n) is 2.20. The molecule has 0 aliphatic rings. The fraction of sp³-hybridized carbons (Fsp3) is 0.583. The second kappa shape index (κ2) is 7.02. The van der Waals surface area contributed by atoms with Gasteiger partial charge in [0.15, 0.2) is 0 Å². The highest BCUT2D eigenvalue weighted by atomic mass is 35.5. The molecule has 0 aliphatic carbocycles. The summed E-state index contributed by atoms with van der Waals surface area (Å²) in [5.74, 6) is 0.450. The zero-order chi connectivity index (χ0) is 12.0. The maximum Gasteiger partial charge on any atom is 0.0724 e. The van der Waals surface area contributed by atoms with Crippen molar-refractivity contribution in [2.24, 2.45) is 5.92 Å². The predicted molar refractivity (Wildman–Crippen MR) is 73.4 cm³/mol. The maximum atomic E-state index is 6.09. The van der Waals surface area contributed by atoms with Crippen LogP contribution in [0.1, 0.15) is 34.1 Å². The Morgan fingerprint density at radius 1 is 1.47 bits per heavy atom. The lowest BCUT2D eigenvalue weighted by atomic mass is 9.99. The van der Waals surface area contributed by atoms with Crippen molar-refractivity contribution in [3.05, 3.63) is 23.3 Å². The Morgan fingerprint density at radius 2 is 2.00 bits per heavy atom. The Hall–Kier alpha value is -0.340. The topological polar surface area (TPSA) is 12.0 Å². The first-order valence-corrected chi connectivity index (χ1v) is 5.90. The van der Waals surface area contributed by atoms with Crippen LogP contribution in [0.3, 0.4) is 0 Å². The van der Waals surface area contributed by atoms with Crippen molar-refractivity contribution >= 4 is 28.8 Å². The molecule has 15 heavy (non-hydrogen) atoms. The third kappa shape index (κ3) is 7.57. The average Bonchev–Trinajstić information content (AvgIpc) is 2.00. The summed E-state index contributed by atoms with van der Waals surface area (Å²) >= 11 is 11.1. The van der Waals surface area contributed by atoms with Gasteiger partial charge in [0.1, 0.15) is 0 Å². The molecule has 1 nitrogen and oxygen atoms in total. The van der Waals surface area contributed by atoms with Crippen molar-refractivity contribution in [2.75, 3.05) is 0 Å². The van der Waals surface area contributed by atoms with E-state index >= 15 is 0 Å². The smallest absolute Gasteiger partial charge is 0.0724 e. The molecule has 0 heterocycles. The maximum absolute atomic E-state index is 6.09. The van der Waals surface area contributed by atoms with E-state index < -0.39 is 0 Å². The van der Waals surface area contributed by atoms with E-state index in [-0.39, 0.29) is 0 Å². The first-order valence-electron chi connectivity index (χ1n) is 5.11. The highest BCUT2D eigenvalue weighted by Crippen LogP contribution is 2.19. The highest BCUT2D eigenvalue weighted by Gasteiger charge is 2.12. The monoisotopic (exact) mass is 245 g/mol. The van der Waals surface area contributed by atoms with Crippen LogP contribution in [0, 0.1) is 5.92 Å². The molecule has 0 aromatic heterocycles. The van der Waals surface area contributed by atoms with Crippen LogP contribution in [-0.4, -0.2) is 11.0 Å². The minimum absolute atomic E-state index is 0.342. The summed E-state index contributed by atoms with van der Waals surface area (Å²) in [5, 5.41) is 4.08. The molecule has 0 rings (SSSR count). The lowest BCUT2D eigenvalue weighted by molar-refractivity contribution is 0.452. The molecule has 2 unspecified atom stereocenters. The molecule has 0 bridgehead atoms. The van der Waals surface area contributed by atoms with Crippen LogP contribution in [0.5, 0.6) is 0 Å². The average molecular weight is 246 g/mol. The van der Waals surface area contributed by atoms with Crippen LogP contribution in [0.15, 0.2) is 23.3 Å². The highest BCUT2D eigenvalue weighted by molar-refractivity contribution is 7.80. The van der Waals surface area contributed by atoms with E-state index in [1.54, 1.807) is 0 Å². The molecule has 2 atom stereocenters. The molecular formula is C12H20ClNS. The standard InChI is InChI=1S/C12H20ClNS/c1-8(2)6-12(13)7-9(3)10(4)14-11(5)15/h6,9-10H,1,7H2,2-5H3,(H,14,15)/b12-6+. The zero-order valence-corrected chi connectivity index (χ0v) is 11.5. The largest absolute Gasteiger partial charge is 0.377 e. The van der Waals surface area contributed by atoms with E-state index in [1.807, 2.05) is 19.9 Å². The van der Waals surface area contributed by atoms with Gasteiger partial charge in [-0.3, -0.25) is 0 Å². The van der Waals surface area contributed by atoms with Crippen LogP contribution in [0.4, 0.5) is 0 Å². The number of nitrogens with one attached hydrogen (secondary N) is 1. The van der Waals surface area contributed by atoms with Gasteiger partial charge < -0.3 is 5.32 Å². The first kappa shape index (κ1) is 14.7. The van der Waals surface area contributed by atoms with Gasteiger partial charge in [-0.1, -0.05) is 42.9 Å². The zero-order valence-electron chi connectivity index (χ0n) is 9.93. The number of hydrogen-bond donors (Lipinski definition) is 1. The molecule has 0 saturated heterocycles. The van der Waals surface area contributed by atoms with Gasteiger partial charge in [-0.25, -0.2) is 0 Å². The van der Waals surface area contributed by atoms with Gasteiger partial charge >= 0.3 is 0 Å². The summed E-state index contributed by atoms with van der Waals surface area (Å²) in [4.78, 5) is 0.828. The summed E-state index contributed by atoms with van der Waals surface area (Å²) in [7, 11) is 0. The van der Waals surface area contributed by atoms with Crippen molar-refractivity contribution in [1.82, 2.24) is 5.32 Å². The summed E-state index contributed by atoms with van der Waals surface area (Å²) in [5.41, 5.74) is 0.985. The van der Waals surface area contributed by atoms with Crippen molar-refractivity contribution in [2.45, 2.75) is 40.2 Å². The number of thiocarbonyl (C=S) groups is 1. The number of halogens is 1. The van der Waals surface area contributed by atoms with Gasteiger partial charge in [0.05, 0.1) is 4.99 Å². The molecule has 0 aromatic carbocycles. The lowest BCUT2D eigenvalue weighted by Crippen LogP contribution is -2.34. The fourth-order valence-corrected chi connectivity index (χ4v) is 1.89. The van der Waals surface area contributed by atoms with Gasteiger partial charge in [0, 0.05) is 11.1 Å². The number of hydrogen-bond acceptors (Lipinski definition) is 1. The molecule has 0 radical (unpaired) electrons. The molecule has 0 fully saturated rings. The Labute approximate surface area is 104 Å². The van der Waals surface area contributed by atoms with Gasteiger partial charge in [-0.05, 0) is 39.2 Å². The van der Waals surface area contributed by atoms with E-state index in [4.69, 9.17) is 23.8 Å². The summed E-state index contributed by atoms with van der Waals surface area (Å²) in [6, 6.07) is 0.342. The normalized spacial score (nSPS) is 15.7. The molecule has 0 aliphatic heterocycles. The Kier molecular flexibility index (Phi) is 6.86. The predicted octanol–water partition coefficient (Wildman–Crippen LogP) is 4.04. The first-order chi connectivity index (χ1) is 6.82. The van der Waals surface area contributed by atoms with E-state index in [1.165, 1.54) is 0 Å². The SMILES string of the molecule is C=C(C)/C=C(/Cl)CC(C)C(C)NC(C)=S. The van der Waals surface area contributed by atoms with Crippen molar-refractivity contribution < 1.29 is 0 Å². The molecule has 0 saturated carbocycles. The molecule has 3 heteroatoms. The van der Waals surface area contributed by atoms with Gasteiger partial charge in [-0.2, -0.15) is 0 Å². The Bertz CT molecular complexity index is 271. The van der Waals surface area contributed by atoms with Gasteiger partial charge in [0.2, 0.25) is 0 Å². The summed E-state index contributed by atoms with van der Waals surface area (Å²) in [6.07, 6.45) is 2.76. The van der Waals surface area contributed by atoms with Crippen molar-refractivity contribution in [3.8, 4) is 0 Å². The second-order valence-corrected chi connectivity index (χ2v) is 5.21. The molecule has 0 aromatic rings. The third-order valence-corrected chi connectivity index (χ3v) is 2.59. The van der Waals surface area contributed by atoms with Crippen LogP contribution < -0.4 is 5.32 Å². The molecule has 86 valence electrons. The molecule has 0 amide bonds. The Balaban J connectivity index is 4.17. The van der Waals surface area contributed by atoms with Gasteiger partial charge in [-0.15, -0.1) is 0 Å². The fourth-order valence-electron chi connectivity index (χ4n) is 1.27. The second-order valence-electron chi connectivity index (χ2n) is 4.11. The Morgan fingerprint density at radius 3 is 2.40 bits per heavy atom. The van der Waals surface area contributed by atoms with E-state index in [9.17, 15) is 0 Å². The minimum Gasteiger partial charge on any atom is -0.377 e. The van der Waals surface area contributed by atoms with E-state index in [0.29, 0.717) is 12.0 Å². The molecule has 1 N–H and O–H groups in total. The van der Waals surface area contributed by atoms with Crippen molar-refractivity contribution in [3.63, 3.8) is 0 Å². The lowest BCUT2D eigenvalue weighted by Gasteiger charge is -2.21. The van der Waals surface area contributed by atoms with Crippen LogP contribution in [-0.2, 0) is 0 Å². The van der Waals surface area contributed by atoms with Crippen LogP contribution in [0.2, 0.25) is 0 Å². The summed E-state index contributed by atoms with van der Waals surface area (Å²) < 4.78 is 0. The quantitative estimate of drug-likeness (QED) is 0.580. The molecule has 0 spiro atoms. The molecular weight excluding hydrogens is 226 g/mol. The number of rotatable bonds is 5. The van der Waals surface area contributed by atoms with Crippen LogP contribution >= 0.6 is 23.8 Å².